The van der Waals surface area contributed by atoms with Crippen molar-refractivity contribution in [2.45, 2.75) is 20.0 Å². The minimum absolute atomic E-state index is 0.0134. The van der Waals surface area contributed by atoms with E-state index in [0.29, 0.717) is 29.5 Å². The lowest BCUT2D eigenvalue weighted by atomic mass is 10.1. The smallest absolute Gasteiger partial charge is 0.416 e. The molecule has 40 heavy (non-hydrogen) atoms. The number of aryl methyl sites for hydroxylation is 2. The van der Waals surface area contributed by atoms with Gasteiger partial charge in [-0.1, -0.05) is 12.1 Å². The average molecular weight is 571 g/mol. The van der Waals surface area contributed by atoms with E-state index < -0.39 is 45.9 Å². The van der Waals surface area contributed by atoms with Crippen molar-refractivity contribution in [3.8, 4) is 5.75 Å². The molecule has 0 spiro atoms. The van der Waals surface area contributed by atoms with E-state index in [1.54, 1.807) is 19.1 Å². The number of carbonyl (C=O) groups is 3. The summed E-state index contributed by atoms with van der Waals surface area (Å²) in [5.41, 5.74) is 2.18. The minimum atomic E-state index is -4.86. The van der Waals surface area contributed by atoms with Gasteiger partial charge in [0.1, 0.15) is 11.6 Å². The van der Waals surface area contributed by atoms with Crippen molar-refractivity contribution in [3.63, 3.8) is 0 Å². The Morgan fingerprint density at radius 3 is 2.40 bits per heavy atom. The monoisotopic (exact) mass is 570 g/mol. The van der Waals surface area contributed by atoms with Crippen molar-refractivity contribution in [1.29, 1.82) is 0 Å². The van der Waals surface area contributed by atoms with Crippen LogP contribution >= 0.6 is 11.8 Å². The number of hydrogen-bond acceptors (Lipinski definition) is 7. The molecule has 2 aliphatic heterocycles. The van der Waals surface area contributed by atoms with Crippen molar-refractivity contribution >= 4 is 57.7 Å². The molecule has 0 aliphatic carbocycles. The third-order valence-electron chi connectivity index (χ3n) is 6.28. The summed E-state index contributed by atoms with van der Waals surface area (Å²) >= 11 is 0.697. The summed E-state index contributed by atoms with van der Waals surface area (Å²) in [4.78, 5) is 37.6. The van der Waals surface area contributed by atoms with E-state index in [1.807, 2.05) is 6.92 Å². The number of hydrogen-bond donors (Lipinski definition) is 3. The van der Waals surface area contributed by atoms with Gasteiger partial charge in [-0.2, -0.15) is 18.3 Å². The molecule has 0 aromatic heterocycles. The fourth-order valence-corrected chi connectivity index (χ4v) is 4.82. The van der Waals surface area contributed by atoms with Crippen LogP contribution in [0.25, 0.3) is 6.08 Å². The zero-order valence-corrected chi connectivity index (χ0v) is 21.5. The van der Waals surface area contributed by atoms with E-state index in [-0.39, 0.29) is 27.7 Å². The molecule has 3 aromatic rings. The SMILES string of the molecule is Cc1ccc(N2C(=O)/C(=N\Nc3ccc(/C=C4/SC(=O)NC4=O)cc3O)c3c(F)cc(C(F)(F)F)cc32)cc1C. The maximum atomic E-state index is 15.1. The Morgan fingerprint density at radius 2 is 1.77 bits per heavy atom. The number of fused-ring (bicyclic) bond motifs is 1. The van der Waals surface area contributed by atoms with Gasteiger partial charge in [-0.3, -0.25) is 30.0 Å². The molecule has 3 amide bonds. The molecular weight excluding hydrogens is 552 g/mol. The number of anilines is 3. The summed E-state index contributed by atoms with van der Waals surface area (Å²) in [5.74, 6) is -3.11. The number of nitrogens with zero attached hydrogens (tertiary/aromatic N) is 2. The largest absolute Gasteiger partial charge is 0.506 e. The minimum Gasteiger partial charge on any atom is -0.506 e. The van der Waals surface area contributed by atoms with Gasteiger partial charge in [0.2, 0.25) is 0 Å². The number of amides is 3. The zero-order valence-electron chi connectivity index (χ0n) is 20.7. The molecule has 2 heterocycles. The highest BCUT2D eigenvalue weighted by Gasteiger charge is 2.41. The van der Waals surface area contributed by atoms with Crippen LogP contribution in [-0.4, -0.2) is 27.9 Å². The third kappa shape index (κ3) is 4.91. The van der Waals surface area contributed by atoms with E-state index in [9.17, 15) is 32.7 Å². The summed E-state index contributed by atoms with van der Waals surface area (Å²) in [5, 5.41) is 16.0. The standard InChI is InChI=1S/C27H18F4N4O4S/c1-12-3-5-16(7-13(12)2)35-19-11-15(27(29,30)31)10-17(28)22(19)23(25(35)38)34-33-18-6-4-14(8-20(18)36)9-21-24(37)32-26(39)40-21/h3-11,33,36H,1-2H3,(H,32,37,39)/b21-9+,34-23-. The molecule has 2 aliphatic rings. The number of imide groups is 1. The number of aromatic hydroxyl groups is 1. The van der Waals surface area contributed by atoms with Crippen LogP contribution in [0.4, 0.5) is 39.4 Å². The maximum Gasteiger partial charge on any atom is 0.416 e. The van der Waals surface area contributed by atoms with E-state index >= 15 is 4.39 Å². The number of thioether (sulfide) groups is 1. The lowest BCUT2D eigenvalue weighted by Gasteiger charge is -2.19. The van der Waals surface area contributed by atoms with Gasteiger partial charge in [0.15, 0.2) is 5.71 Å². The molecule has 0 bridgehead atoms. The number of phenolic OH excluding ortho intramolecular Hbond substituents is 1. The molecule has 0 saturated carbocycles. The highest BCUT2D eigenvalue weighted by molar-refractivity contribution is 8.18. The molecule has 0 radical (unpaired) electrons. The number of benzene rings is 3. The predicted molar refractivity (Wildman–Crippen MR) is 142 cm³/mol. The molecule has 8 nitrogen and oxygen atoms in total. The number of phenols is 1. The molecule has 0 unspecified atom stereocenters. The topological polar surface area (TPSA) is 111 Å². The molecular formula is C27H18F4N4O4S. The molecule has 204 valence electrons. The number of halogens is 4. The summed E-state index contributed by atoms with van der Waals surface area (Å²) in [6.07, 6.45) is -3.48. The summed E-state index contributed by atoms with van der Waals surface area (Å²) in [7, 11) is 0. The first-order valence-corrected chi connectivity index (χ1v) is 12.4. The summed E-state index contributed by atoms with van der Waals surface area (Å²) in [6, 6.07) is 9.91. The Bertz CT molecular complexity index is 1680. The third-order valence-corrected chi connectivity index (χ3v) is 7.09. The van der Waals surface area contributed by atoms with E-state index in [1.165, 1.54) is 30.3 Å². The maximum absolute atomic E-state index is 15.1. The highest BCUT2D eigenvalue weighted by atomic mass is 32.2. The molecule has 0 atom stereocenters. The molecule has 3 aromatic carbocycles. The molecule has 1 saturated heterocycles. The fraction of sp³-hybridized carbons (Fsp3) is 0.111. The normalized spacial score (nSPS) is 17.1. The number of carbonyl (C=O) groups excluding carboxylic acids is 3. The van der Waals surface area contributed by atoms with E-state index in [4.69, 9.17) is 0 Å². The van der Waals surface area contributed by atoms with Crippen molar-refractivity contribution in [2.24, 2.45) is 5.10 Å². The van der Waals surface area contributed by atoms with Crippen LogP contribution in [0.15, 0.2) is 58.5 Å². The lowest BCUT2D eigenvalue weighted by molar-refractivity contribution is -0.137. The van der Waals surface area contributed by atoms with Gasteiger partial charge >= 0.3 is 6.18 Å². The average Bonchev–Trinajstić information content (AvgIpc) is 3.34. The van der Waals surface area contributed by atoms with Crippen LogP contribution in [-0.2, 0) is 15.8 Å². The Labute approximate surface area is 228 Å². The highest BCUT2D eigenvalue weighted by Crippen LogP contribution is 2.42. The Morgan fingerprint density at radius 1 is 1.02 bits per heavy atom. The molecule has 13 heteroatoms. The lowest BCUT2D eigenvalue weighted by Crippen LogP contribution is -2.26. The Hall–Kier alpha value is -4.65. The number of nitrogens with one attached hydrogen (secondary N) is 2. The van der Waals surface area contributed by atoms with Gasteiger partial charge in [-0.15, -0.1) is 0 Å². The van der Waals surface area contributed by atoms with Gasteiger partial charge in [0.05, 0.1) is 27.4 Å². The predicted octanol–water partition coefficient (Wildman–Crippen LogP) is 5.99. The zero-order chi connectivity index (χ0) is 28.9. The summed E-state index contributed by atoms with van der Waals surface area (Å²) < 4.78 is 55.7. The first-order valence-electron chi connectivity index (χ1n) is 11.6. The fourth-order valence-electron chi connectivity index (χ4n) is 4.14. The van der Waals surface area contributed by atoms with E-state index in [2.05, 4.69) is 15.8 Å². The quantitative estimate of drug-likeness (QED) is 0.154. The second-order valence-electron chi connectivity index (χ2n) is 8.96. The first-order chi connectivity index (χ1) is 18.8. The number of hydrazone groups is 1. The molecule has 1 fully saturated rings. The second kappa shape index (κ2) is 9.83. The Balaban J connectivity index is 1.53. The van der Waals surface area contributed by atoms with Crippen LogP contribution in [0.1, 0.15) is 27.8 Å². The van der Waals surface area contributed by atoms with Crippen LogP contribution in [0.3, 0.4) is 0 Å². The van der Waals surface area contributed by atoms with Gasteiger partial charge in [-0.05, 0) is 84.8 Å². The molecule has 5 rings (SSSR count). The van der Waals surface area contributed by atoms with Crippen LogP contribution in [0.2, 0.25) is 0 Å². The van der Waals surface area contributed by atoms with Crippen LogP contribution < -0.4 is 15.6 Å². The van der Waals surface area contributed by atoms with Crippen molar-refractivity contribution in [2.75, 3.05) is 10.3 Å². The van der Waals surface area contributed by atoms with Gasteiger partial charge in [0.25, 0.3) is 17.1 Å². The molecule has 3 N–H and O–H groups in total. The van der Waals surface area contributed by atoms with Gasteiger partial charge in [-0.25, -0.2) is 4.39 Å². The summed E-state index contributed by atoms with van der Waals surface area (Å²) in [6.45, 7) is 3.59. The van der Waals surface area contributed by atoms with Crippen molar-refractivity contribution in [1.82, 2.24) is 5.32 Å². The number of alkyl halides is 3. The van der Waals surface area contributed by atoms with Crippen molar-refractivity contribution < 1.29 is 37.1 Å². The van der Waals surface area contributed by atoms with Crippen LogP contribution in [0.5, 0.6) is 5.75 Å². The van der Waals surface area contributed by atoms with Gasteiger partial charge in [0, 0.05) is 5.69 Å². The van der Waals surface area contributed by atoms with Crippen molar-refractivity contribution in [3.05, 3.63) is 87.1 Å². The van der Waals surface area contributed by atoms with Crippen LogP contribution in [0, 0.1) is 19.7 Å². The second-order valence-corrected chi connectivity index (χ2v) is 9.97. The number of rotatable bonds is 4. The van der Waals surface area contributed by atoms with E-state index in [0.717, 1.165) is 16.0 Å². The van der Waals surface area contributed by atoms with Gasteiger partial charge < -0.3 is 5.11 Å². The first kappa shape index (κ1) is 26.9. The Kier molecular flexibility index (Phi) is 6.62.